The fraction of sp³-hybridized carbons (Fsp3) is 0.263. The number of nitrogens with zero attached hydrogens (tertiary/aromatic N) is 1. The van der Waals surface area contributed by atoms with Crippen molar-refractivity contribution in [2.24, 2.45) is 0 Å². The number of hydrogen-bond acceptors (Lipinski definition) is 2. The molecule has 1 aliphatic heterocycles. The van der Waals surface area contributed by atoms with E-state index >= 15 is 0 Å². The lowest BCUT2D eigenvalue weighted by Crippen LogP contribution is -2.38. The summed E-state index contributed by atoms with van der Waals surface area (Å²) in [6, 6.07) is 18.5. The van der Waals surface area contributed by atoms with E-state index in [1.165, 1.54) is 5.56 Å². The smallest absolute Gasteiger partial charge is 0.0987 e. The van der Waals surface area contributed by atoms with Crippen LogP contribution in [0.25, 0.3) is 0 Å². The van der Waals surface area contributed by atoms with Crippen molar-refractivity contribution in [3.63, 3.8) is 0 Å². The average molecular weight is 356 g/mol. The monoisotopic (exact) mass is 355 g/mol. The number of rotatable bonds is 2. The minimum Gasteiger partial charge on any atom is -0.379 e. The zero-order valence-electron chi connectivity index (χ0n) is 12.3. The van der Waals surface area contributed by atoms with Crippen LogP contribution in [0.15, 0.2) is 59.1 Å². The maximum atomic E-state index is 5.48. The van der Waals surface area contributed by atoms with Crippen molar-refractivity contribution in [3.05, 3.63) is 70.2 Å². The van der Waals surface area contributed by atoms with Crippen molar-refractivity contribution in [1.82, 2.24) is 4.90 Å². The van der Waals surface area contributed by atoms with Gasteiger partial charge in [-0.25, -0.2) is 0 Å². The largest absolute Gasteiger partial charge is 0.379 e. The first-order valence-electron chi connectivity index (χ1n) is 7.47. The fourth-order valence-corrected chi connectivity index (χ4v) is 3.07. The van der Waals surface area contributed by atoms with Gasteiger partial charge in [0.05, 0.1) is 19.3 Å². The molecule has 112 valence electrons. The van der Waals surface area contributed by atoms with Crippen LogP contribution >= 0.6 is 15.9 Å². The summed E-state index contributed by atoms with van der Waals surface area (Å²) in [7, 11) is 0. The molecule has 0 aliphatic carbocycles. The van der Waals surface area contributed by atoms with Gasteiger partial charge in [0.15, 0.2) is 0 Å². The summed E-state index contributed by atoms with van der Waals surface area (Å²) >= 11 is 3.66. The molecule has 0 amide bonds. The molecule has 1 aliphatic rings. The van der Waals surface area contributed by atoms with E-state index < -0.39 is 0 Å². The van der Waals surface area contributed by atoms with E-state index in [-0.39, 0.29) is 6.04 Å². The molecular formula is C19H18BrNO. The lowest BCUT2D eigenvalue weighted by molar-refractivity contribution is 0.0269. The van der Waals surface area contributed by atoms with E-state index in [9.17, 15) is 0 Å². The minimum absolute atomic E-state index is 0.0830. The molecule has 0 spiro atoms. The van der Waals surface area contributed by atoms with Gasteiger partial charge in [-0.2, -0.15) is 0 Å². The molecule has 22 heavy (non-hydrogen) atoms. The standard InChI is InChI=1S/C19H18BrNO/c20-18-9-5-4-8-17(18)19(21-12-14-22-15-13-21)11-10-16-6-2-1-3-7-16/h1-9,19H,12-15H2. The van der Waals surface area contributed by atoms with Gasteiger partial charge < -0.3 is 4.74 Å². The van der Waals surface area contributed by atoms with Crippen molar-refractivity contribution >= 4 is 15.9 Å². The molecule has 1 heterocycles. The Morgan fingerprint density at radius 2 is 1.64 bits per heavy atom. The quantitative estimate of drug-likeness (QED) is 0.758. The molecule has 1 saturated heterocycles. The summed E-state index contributed by atoms with van der Waals surface area (Å²) in [4.78, 5) is 2.39. The van der Waals surface area contributed by atoms with Gasteiger partial charge in [0.2, 0.25) is 0 Å². The Hall–Kier alpha value is -1.60. The van der Waals surface area contributed by atoms with Crippen molar-refractivity contribution in [1.29, 1.82) is 0 Å². The van der Waals surface area contributed by atoms with Gasteiger partial charge in [0.1, 0.15) is 0 Å². The molecule has 0 bridgehead atoms. The molecule has 0 aromatic heterocycles. The van der Waals surface area contributed by atoms with Crippen LogP contribution < -0.4 is 0 Å². The average Bonchev–Trinajstić information content (AvgIpc) is 2.58. The zero-order valence-corrected chi connectivity index (χ0v) is 13.9. The molecule has 1 fully saturated rings. The molecule has 0 saturated carbocycles. The second-order valence-electron chi connectivity index (χ2n) is 5.21. The molecule has 0 N–H and O–H groups in total. The normalized spacial score (nSPS) is 16.6. The van der Waals surface area contributed by atoms with Crippen molar-refractivity contribution in [3.8, 4) is 11.8 Å². The first-order valence-corrected chi connectivity index (χ1v) is 8.27. The van der Waals surface area contributed by atoms with Crippen LogP contribution in [0.2, 0.25) is 0 Å². The number of halogens is 1. The third kappa shape index (κ3) is 3.78. The lowest BCUT2D eigenvalue weighted by Gasteiger charge is -2.32. The molecular weight excluding hydrogens is 338 g/mol. The Kier molecular flexibility index (Phi) is 5.29. The molecule has 2 aromatic rings. The Morgan fingerprint density at radius 3 is 2.36 bits per heavy atom. The van der Waals surface area contributed by atoms with Crippen molar-refractivity contribution < 1.29 is 4.74 Å². The van der Waals surface area contributed by atoms with E-state index in [1.807, 2.05) is 36.4 Å². The summed E-state index contributed by atoms with van der Waals surface area (Å²) < 4.78 is 6.58. The molecule has 1 atom stereocenters. The van der Waals surface area contributed by atoms with Crippen LogP contribution in [-0.4, -0.2) is 31.2 Å². The van der Waals surface area contributed by atoms with Gasteiger partial charge in [0, 0.05) is 23.1 Å². The highest BCUT2D eigenvalue weighted by molar-refractivity contribution is 9.10. The Bertz CT molecular complexity index is 669. The highest BCUT2D eigenvalue weighted by Crippen LogP contribution is 2.28. The number of hydrogen-bond donors (Lipinski definition) is 0. The molecule has 1 unspecified atom stereocenters. The summed E-state index contributed by atoms with van der Waals surface area (Å²) in [5, 5.41) is 0. The second-order valence-corrected chi connectivity index (χ2v) is 6.06. The lowest BCUT2D eigenvalue weighted by atomic mass is 10.0. The number of morpholine rings is 1. The Balaban J connectivity index is 1.93. The molecule has 2 nitrogen and oxygen atoms in total. The Morgan fingerprint density at radius 1 is 0.955 bits per heavy atom. The second kappa shape index (κ2) is 7.60. The summed E-state index contributed by atoms with van der Waals surface area (Å²) in [5.41, 5.74) is 2.26. The fourth-order valence-electron chi connectivity index (χ4n) is 2.57. The highest BCUT2D eigenvalue weighted by Gasteiger charge is 2.22. The molecule has 2 aromatic carbocycles. The third-order valence-electron chi connectivity index (χ3n) is 3.74. The van der Waals surface area contributed by atoms with E-state index in [1.54, 1.807) is 0 Å². The topological polar surface area (TPSA) is 12.5 Å². The van der Waals surface area contributed by atoms with Crippen LogP contribution in [-0.2, 0) is 4.74 Å². The van der Waals surface area contributed by atoms with Gasteiger partial charge in [-0.1, -0.05) is 64.2 Å². The molecule has 3 rings (SSSR count). The van der Waals surface area contributed by atoms with E-state index in [4.69, 9.17) is 4.74 Å². The maximum absolute atomic E-state index is 5.48. The highest BCUT2D eigenvalue weighted by atomic mass is 79.9. The third-order valence-corrected chi connectivity index (χ3v) is 4.46. The van der Waals surface area contributed by atoms with Gasteiger partial charge >= 0.3 is 0 Å². The first-order chi connectivity index (χ1) is 10.8. The minimum atomic E-state index is 0.0830. The first kappa shape index (κ1) is 15.3. The van der Waals surface area contributed by atoms with Crippen LogP contribution in [0.4, 0.5) is 0 Å². The summed E-state index contributed by atoms with van der Waals surface area (Å²) in [6.07, 6.45) is 0. The van der Waals surface area contributed by atoms with E-state index in [0.29, 0.717) is 0 Å². The van der Waals surface area contributed by atoms with Crippen LogP contribution in [0.1, 0.15) is 17.2 Å². The van der Waals surface area contributed by atoms with Gasteiger partial charge in [0.25, 0.3) is 0 Å². The molecule has 3 heteroatoms. The number of ether oxygens (including phenoxy) is 1. The number of benzene rings is 2. The van der Waals surface area contributed by atoms with Crippen LogP contribution in [0.5, 0.6) is 0 Å². The van der Waals surface area contributed by atoms with E-state index in [2.05, 4.69) is 50.9 Å². The predicted octanol–water partition coefficient (Wildman–Crippen LogP) is 3.87. The predicted molar refractivity (Wildman–Crippen MR) is 92.6 cm³/mol. The summed E-state index contributed by atoms with van der Waals surface area (Å²) in [6.45, 7) is 3.37. The zero-order chi connectivity index (χ0) is 15.2. The van der Waals surface area contributed by atoms with Gasteiger partial charge in [-0.3, -0.25) is 4.90 Å². The van der Waals surface area contributed by atoms with Gasteiger partial charge in [-0.05, 0) is 23.8 Å². The van der Waals surface area contributed by atoms with Crippen molar-refractivity contribution in [2.75, 3.05) is 26.3 Å². The van der Waals surface area contributed by atoms with Gasteiger partial charge in [-0.15, -0.1) is 0 Å². The van der Waals surface area contributed by atoms with E-state index in [0.717, 1.165) is 36.3 Å². The molecule has 0 radical (unpaired) electrons. The van der Waals surface area contributed by atoms with Crippen LogP contribution in [0, 0.1) is 11.8 Å². The summed E-state index contributed by atoms with van der Waals surface area (Å²) in [5.74, 6) is 6.77. The van der Waals surface area contributed by atoms with Crippen LogP contribution in [0.3, 0.4) is 0 Å². The van der Waals surface area contributed by atoms with Crippen molar-refractivity contribution in [2.45, 2.75) is 6.04 Å². The maximum Gasteiger partial charge on any atom is 0.0987 e. The SMILES string of the molecule is Brc1ccccc1C(C#Cc1ccccc1)N1CCOCC1. The Labute approximate surface area is 140 Å².